The predicted molar refractivity (Wildman–Crippen MR) is 141 cm³/mol. The van der Waals surface area contributed by atoms with E-state index in [1.807, 2.05) is 58.0 Å². The van der Waals surface area contributed by atoms with Crippen LogP contribution in [-0.4, -0.2) is 17.1 Å². The zero-order valence-corrected chi connectivity index (χ0v) is 20.5. The van der Waals surface area contributed by atoms with Crippen molar-refractivity contribution < 1.29 is 14.3 Å². The number of carbonyl (C=O) groups excluding carboxylic acids is 1. The molecule has 1 heterocycles. The molecule has 5 rings (SSSR count). The number of rotatable bonds is 6. The molecule has 4 heteroatoms. The van der Waals surface area contributed by atoms with Crippen molar-refractivity contribution in [3.63, 3.8) is 0 Å². The number of hydrogen-bond donors (Lipinski definition) is 0. The largest absolute Gasteiger partial charge is 0.481 e. The standard InChI is InChI=1S/C31H29NO3/c1-21-18-24(32-27-16-10-8-14-25(27)26-15-9-11-17-28(26)32)19-22(2)30(21)34-20-29(33)35-31(3,4)23-12-6-5-7-13-23/h5-19H,20H2,1-4H3. The van der Waals surface area contributed by atoms with E-state index in [-0.39, 0.29) is 6.61 Å². The van der Waals surface area contributed by atoms with Crippen molar-refractivity contribution in [3.05, 3.63) is 108 Å². The Morgan fingerprint density at radius 3 is 1.86 bits per heavy atom. The Hall–Kier alpha value is -4.05. The maximum absolute atomic E-state index is 12.6. The first-order valence-electron chi connectivity index (χ1n) is 11.8. The minimum absolute atomic E-state index is 0.146. The minimum atomic E-state index is -0.730. The lowest BCUT2D eigenvalue weighted by Gasteiger charge is -2.26. The minimum Gasteiger partial charge on any atom is -0.481 e. The number of ether oxygens (including phenoxy) is 2. The summed E-state index contributed by atoms with van der Waals surface area (Å²) in [6, 6.07) is 30.8. The van der Waals surface area contributed by atoms with E-state index < -0.39 is 11.6 Å². The lowest BCUT2D eigenvalue weighted by Crippen LogP contribution is -2.28. The molecule has 176 valence electrons. The first kappa shape index (κ1) is 22.7. The van der Waals surface area contributed by atoms with Crippen LogP contribution in [-0.2, 0) is 15.1 Å². The second-order valence-electron chi connectivity index (χ2n) is 9.42. The number of esters is 1. The van der Waals surface area contributed by atoms with Crippen LogP contribution in [0.4, 0.5) is 0 Å². The third-order valence-corrected chi connectivity index (χ3v) is 6.46. The summed E-state index contributed by atoms with van der Waals surface area (Å²) in [5, 5.41) is 2.45. The average Bonchev–Trinajstić information content (AvgIpc) is 3.18. The summed E-state index contributed by atoms with van der Waals surface area (Å²) in [6.07, 6.45) is 0. The van der Waals surface area contributed by atoms with Gasteiger partial charge in [-0.1, -0.05) is 66.7 Å². The Kier molecular flexibility index (Phi) is 5.81. The van der Waals surface area contributed by atoms with Crippen LogP contribution in [0.25, 0.3) is 27.5 Å². The molecule has 0 aliphatic heterocycles. The predicted octanol–water partition coefficient (Wildman–Crippen LogP) is 7.26. The van der Waals surface area contributed by atoms with Gasteiger partial charge in [-0.05, 0) is 68.7 Å². The number of hydrogen-bond acceptors (Lipinski definition) is 3. The summed E-state index contributed by atoms with van der Waals surface area (Å²) in [5.41, 5.74) is 5.54. The van der Waals surface area contributed by atoms with Crippen LogP contribution in [0.3, 0.4) is 0 Å². The van der Waals surface area contributed by atoms with Gasteiger partial charge in [0.05, 0.1) is 11.0 Å². The van der Waals surface area contributed by atoms with Crippen molar-refractivity contribution in [3.8, 4) is 11.4 Å². The Morgan fingerprint density at radius 1 is 0.771 bits per heavy atom. The van der Waals surface area contributed by atoms with E-state index in [0.717, 1.165) is 33.4 Å². The topological polar surface area (TPSA) is 40.5 Å². The van der Waals surface area contributed by atoms with Crippen molar-refractivity contribution in [1.29, 1.82) is 0 Å². The molecule has 0 saturated heterocycles. The van der Waals surface area contributed by atoms with Crippen molar-refractivity contribution >= 4 is 27.8 Å². The van der Waals surface area contributed by atoms with Gasteiger partial charge in [-0.25, -0.2) is 4.79 Å². The number of fused-ring (bicyclic) bond motifs is 3. The lowest BCUT2D eigenvalue weighted by molar-refractivity contribution is -0.159. The summed E-state index contributed by atoms with van der Waals surface area (Å²) in [5.74, 6) is 0.313. The number of nitrogens with zero attached hydrogens (tertiary/aromatic N) is 1. The van der Waals surface area contributed by atoms with Crippen molar-refractivity contribution in [2.45, 2.75) is 33.3 Å². The second-order valence-corrected chi connectivity index (χ2v) is 9.42. The smallest absolute Gasteiger partial charge is 0.345 e. The number of carbonyl (C=O) groups is 1. The molecule has 0 fully saturated rings. The monoisotopic (exact) mass is 463 g/mol. The lowest BCUT2D eigenvalue weighted by atomic mass is 9.98. The molecular weight excluding hydrogens is 434 g/mol. The van der Waals surface area contributed by atoms with Crippen LogP contribution in [0.15, 0.2) is 91.0 Å². The van der Waals surface area contributed by atoms with Gasteiger partial charge in [-0.15, -0.1) is 0 Å². The van der Waals surface area contributed by atoms with Crippen molar-refractivity contribution in [2.75, 3.05) is 6.61 Å². The maximum Gasteiger partial charge on any atom is 0.345 e. The summed E-state index contributed by atoms with van der Waals surface area (Å²) in [7, 11) is 0. The molecular formula is C31H29NO3. The van der Waals surface area contributed by atoms with Gasteiger partial charge in [0.1, 0.15) is 11.4 Å². The molecule has 0 spiro atoms. The summed E-state index contributed by atoms with van der Waals surface area (Å²) >= 11 is 0. The Labute approximate surface area is 205 Å². The van der Waals surface area contributed by atoms with E-state index >= 15 is 0 Å². The van der Waals surface area contributed by atoms with Gasteiger partial charge >= 0.3 is 5.97 Å². The van der Waals surface area contributed by atoms with Crippen molar-refractivity contribution in [2.24, 2.45) is 0 Å². The molecule has 0 atom stereocenters. The van der Waals surface area contributed by atoms with E-state index in [0.29, 0.717) is 5.75 Å². The molecule has 0 aliphatic carbocycles. The van der Waals surface area contributed by atoms with E-state index in [4.69, 9.17) is 9.47 Å². The fraction of sp³-hybridized carbons (Fsp3) is 0.194. The van der Waals surface area contributed by atoms with Crippen LogP contribution >= 0.6 is 0 Å². The first-order valence-corrected chi connectivity index (χ1v) is 11.8. The number of para-hydroxylation sites is 2. The van der Waals surface area contributed by atoms with Crippen LogP contribution < -0.4 is 4.74 Å². The van der Waals surface area contributed by atoms with E-state index in [1.165, 1.54) is 10.8 Å². The quantitative estimate of drug-likeness (QED) is 0.249. The van der Waals surface area contributed by atoms with Crippen LogP contribution in [0, 0.1) is 13.8 Å². The molecule has 0 aliphatic rings. The molecule has 35 heavy (non-hydrogen) atoms. The normalized spacial score (nSPS) is 11.7. The molecule has 4 aromatic carbocycles. The van der Waals surface area contributed by atoms with Crippen LogP contribution in [0.1, 0.15) is 30.5 Å². The summed E-state index contributed by atoms with van der Waals surface area (Å²) in [6.45, 7) is 7.65. The molecule has 5 aromatic rings. The van der Waals surface area contributed by atoms with E-state index in [1.54, 1.807) is 0 Å². The summed E-state index contributed by atoms with van der Waals surface area (Å²) < 4.78 is 14.0. The Balaban J connectivity index is 1.41. The number of aromatic nitrogens is 1. The van der Waals surface area contributed by atoms with E-state index in [2.05, 4.69) is 65.2 Å². The zero-order chi connectivity index (χ0) is 24.6. The third-order valence-electron chi connectivity index (χ3n) is 6.46. The molecule has 0 radical (unpaired) electrons. The van der Waals surface area contributed by atoms with Gasteiger partial charge in [0.25, 0.3) is 0 Å². The molecule has 0 saturated carbocycles. The SMILES string of the molecule is Cc1cc(-n2c3ccccc3c3ccccc32)cc(C)c1OCC(=O)OC(C)(C)c1ccccc1. The molecule has 0 N–H and O–H groups in total. The van der Waals surface area contributed by atoms with Gasteiger partial charge in [-0.3, -0.25) is 0 Å². The Bertz CT molecular complexity index is 1450. The second kappa shape index (κ2) is 8.95. The Morgan fingerprint density at radius 2 is 1.29 bits per heavy atom. The van der Waals surface area contributed by atoms with Gasteiger partial charge < -0.3 is 14.0 Å². The highest BCUT2D eigenvalue weighted by molar-refractivity contribution is 6.09. The van der Waals surface area contributed by atoms with Gasteiger partial charge in [-0.2, -0.15) is 0 Å². The molecule has 1 aromatic heterocycles. The highest BCUT2D eigenvalue weighted by atomic mass is 16.6. The third kappa shape index (κ3) is 4.28. The van der Waals surface area contributed by atoms with Crippen LogP contribution in [0.5, 0.6) is 5.75 Å². The van der Waals surface area contributed by atoms with Gasteiger partial charge in [0, 0.05) is 16.5 Å². The number of aryl methyl sites for hydroxylation is 2. The first-order chi connectivity index (χ1) is 16.8. The molecule has 4 nitrogen and oxygen atoms in total. The maximum atomic E-state index is 12.6. The van der Waals surface area contributed by atoms with Crippen LogP contribution in [0.2, 0.25) is 0 Å². The van der Waals surface area contributed by atoms with Gasteiger partial charge in [0.2, 0.25) is 0 Å². The van der Waals surface area contributed by atoms with E-state index in [9.17, 15) is 4.79 Å². The molecule has 0 amide bonds. The van der Waals surface area contributed by atoms with Gasteiger partial charge in [0.15, 0.2) is 6.61 Å². The molecule has 0 bridgehead atoms. The van der Waals surface area contributed by atoms with Crippen molar-refractivity contribution in [1.82, 2.24) is 4.57 Å². The fourth-order valence-electron chi connectivity index (χ4n) is 4.83. The molecule has 0 unspecified atom stereocenters. The highest BCUT2D eigenvalue weighted by Gasteiger charge is 2.25. The summed E-state index contributed by atoms with van der Waals surface area (Å²) in [4.78, 5) is 12.6. The average molecular weight is 464 g/mol. The fourth-order valence-corrected chi connectivity index (χ4v) is 4.83. The highest BCUT2D eigenvalue weighted by Crippen LogP contribution is 2.34. The zero-order valence-electron chi connectivity index (χ0n) is 20.5. The number of benzene rings is 4.